The first-order valence-electron chi connectivity index (χ1n) is 12.2. The lowest BCUT2D eigenvalue weighted by atomic mass is 9.90. The molecular weight excluding hydrogens is 474 g/mol. The van der Waals surface area contributed by atoms with Gasteiger partial charge in [0.25, 0.3) is 0 Å². The molecule has 2 aromatic carbocycles. The van der Waals surface area contributed by atoms with Gasteiger partial charge in [-0.05, 0) is 47.6 Å². The van der Waals surface area contributed by atoms with Crippen LogP contribution in [0.25, 0.3) is 11.1 Å². The van der Waals surface area contributed by atoms with E-state index in [9.17, 15) is 13.2 Å². The molecule has 1 aliphatic rings. The van der Waals surface area contributed by atoms with Crippen molar-refractivity contribution in [3.05, 3.63) is 102 Å². The molecule has 0 amide bonds. The maximum Gasteiger partial charge on any atom is 0.303 e. The Kier molecular flexibility index (Phi) is 8.67. The highest BCUT2D eigenvalue weighted by molar-refractivity contribution is 7.92. The minimum absolute atomic E-state index is 0.0257. The Morgan fingerprint density at radius 3 is 2.39 bits per heavy atom. The second kappa shape index (κ2) is 12.1. The number of hydrogen-bond acceptors (Lipinski definition) is 5. The summed E-state index contributed by atoms with van der Waals surface area (Å²) in [5.41, 5.74) is 3.94. The third kappa shape index (κ3) is 6.68. The summed E-state index contributed by atoms with van der Waals surface area (Å²) in [6.45, 7) is 0.333. The van der Waals surface area contributed by atoms with Crippen LogP contribution in [0.15, 0.2) is 91.3 Å². The lowest BCUT2D eigenvalue weighted by Crippen LogP contribution is -2.23. The molecule has 3 aromatic rings. The van der Waals surface area contributed by atoms with Crippen molar-refractivity contribution in [1.29, 1.82) is 0 Å². The molecule has 6 nitrogen and oxygen atoms in total. The number of benzene rings is 2. The van der Waals surface area contributed by atoms with Gasteiger partial charge in [-0.1, -0.05) is 72.8 Å². The molecule has 1 N–H and O–H groups in total. The van der Waals surface area contributed by atoms with Gasteiger partial charge in [0.2, 0.25) is 0 Å². The lowest BCUT2D eigenvalue weighted by Gasteiger charge is -2.23. The summed E-state index contributed by atoms with van der Waals surface area (Å²) in [7, 11) is -3.41. The maximum atomic E-state index is 13.2. The number of nitrogens with zero attached hydrogens (tertiary/aromatic N) is 1. The number of carboxylic acids is 1. The normalized spacial score (nSPS) is 21.1. The van der Waals surface area contributed by atoms with Crippen LogP contribution in [-0.2, 0) is 26.0 Å². The predicted molar refractivity (Wildman–Crippen MR) is 140 cm³/mol. The molecule has 0 spiro atoms. The van der Waals surface area contributed by atoms with Gasteiger partial charge >= 0.3 is 5.97 Å². The smallest absolute Gasteiger partial charge is 0.303 e. The van der Waals surface area contributed by atoms with Gasteiger partial charge in [-0.2, -0.15) is 0 Å². The molecule has 0 bridgehead atoms. The van der Waals surface area contributed by atoms with Crippen molar-refractivity contribution in [2.45, 2.75) is 43.6 Å². The fraction of sp³-hybridized carbons (Fsp3) is 0.310. The van der Waals surface area contributed by atoms with Crippen molar-refractivity contribution >= 4 is 15.8 Å². The predicted octanol–water partition coefficient (Wildman–Crippen LogP) is 5.62. The number of pyridine rings is 1. The zero-order chi connectivity index (χ0) is 25.4. The van der Waals surface area contributed by atoms with Crippen LogP contribution in [-0.4, -0.2) is 36.3 Å². The first kappa shape index (κ1) is 25.8. The molecule has 3 atom stereocenters. The molecule has 0 saturated carbocycles. The van der Waals surface area contributed by atoms with E-state index in [0.717, 1.165) is 16.7 Å². The summed E-state index contributed by atoms with van der Waals surface area (Å²) in [6.07, 6.45) is 8.45. The van der Waals surface area contributed by atoms with E-state index in [1.165, 1.54) is 0 Å². The molecule has 1 saturated heterocycles. The summed E-state index contributed by atoms with van der Waals surface area (Å²) < 4.78 is 32.7. The van der Waals surface area contributed by atoms with Gasteiger partial charge in [-0.15, -0.1) is 0 Å². The minimum Gasteiger partial charge on any atom is -0.481 e. The summed E-state index contributed by atoms with van der Waals surface area (Å²) >= 11 is 0. The van der Waals surface area contributed by atoms with Gasteiger partial charge in [0.15, 0.2) is 9.84 Å². The Hall–Kier alpha value is -3.29. The third-order valence-corrected chi connectivity index (χ3v) is 8.73. The van der Waals surface area contributed by atoms with Gasteiger partial charge in [-0.3, -0.25) is 9.78 Å². The molecule has 188 valence electrons. The van der Waals surface area contributed by atoms with E-state index < -0.39 is 27.2 Å². The molecule has 2 heterocycles. The Labute approximate surface area is 212 Å². The number of aromatic nitrogens is 1. The number of carbonyl (C=O) groups is 1. The number of sulfone groups is 1. The Morgan fingerprint density at radius 1 is 0.972 bits per heavy atom. The Balaban J connectivity index is 1.46. The molecule has 1 fully saturated rings. The number of carboxylic acid groups (broad SMARTS) is 1. The summed E-state index contributed by atoms with van der Waals surface area (Å²) in [4.78, 5) is 14.9. The SMILES string of the molecule is O=C(O)CC/C=C\CC[C@H]1[C@@H](OCc2ccc(-c3ccccc3)cc2)CS(=O)(=O)[C@@H]1c1cccnc1. The average Bonchev–Trinajstić information content (AvgIpc) is 3.15. The fourth-order valence-corrected chi connectivity index (χ4v) is 7.19. The van der Waals surface area contributed by atoms with E-state index >= 15 is 0 Å². The maximum absolute atomic E-state index is 13.2. The standard InChI is InChI=1S/C29H31NO5S/c31-28(32)13-7-2-1-6-12-26-27(21-36(33,34)29(26)25-11-8-18-30-19-25)35-20-22-14-16-24(17-15-22)23-9-4-3-5-10-23/h1-5,8-11,14-19,26-27,29H,6-7,12-13,20-21H2,(H,31,32)/b2-1-/t26-,27-,29+/m0/s1. The van der Waals surface area contributed by atoms with E-state index in [4.69, 9.17) is 9.84 Å². The Bertz CT molecular complexity index is 1260. The molecule has 1 aromatic heterocycles. The van der Waals surface area contributed by atoms with Crippen molar-refractivity contribution < 1.29 is 23.1 Å². The monoisotopic (exact) mass is 505 g/mol. The molecule has 4 rings (SSSR count). The van der Waals surface area contributed by atoms with Crippen LogP contribution in [0.2, 0.25) is 0 Å². The highest BCUT2D eigenvalue weighted by Gasteiger charge is 2.48. The quantitative estimate of drug-likeness (QED) is 0.340. The minimum atomic E-state index is -3.41. The molecule has 36 heavy (non-hydrogen) atoms. The number of rotatable bonds is 11. The number of ether oxygens (including phenoxy) is 1. The first-order chi connectivity index (χ1) is 17.4. The topological polar surface area (TPSA) is 93.6 Å². The van der Waals surface area contributed by atoms with Crippen LogP contribution < -0.4 is 0 Å². The fourth-order valence-electron chi connectivity index (χ4n) is 4.78. The van der Waals surface area contributed by atoms with Crippen LogP contribution in [0.4, 0.5) is 0 Å². The lowest BCUT2D eigenvalue weighted by molar-refractivity contribution is -0.136. The largest absolute Gasteiger partial charge is 0.481 e. The number of allylic oxidation sites excluding steroid dienone is 2. The molecule has 1 aliphatic heterocycles. The van der Waals surface area contributed by atoms with Gasteiger partial charge < -0.3 is 9.84 Å². The van der Waals surface area contributed by atoms with Crippen LogP contribution in [0.5, 0.6) is 0 Å². The summed E-state index contributed by atoms with van der Waals surface area (Å²) in [5.74, 6) is -1.07. The third-order valence-electron chi connectivity index (χ3n) is 6.55. The van der Waals surface area contributed by atoms with Crippen molar-refractivity contribution in [1.82, 2.24) is 4.98 Å². The number of aliphatic carboxylic acids is 1. The molecular formula is C29H31NO5S. The van der Waals surface area contributed by atoms with Gasteiger partial charge in [0.05, 0.1) is 23.7 Å². The highest BCUT2D eigenvalue weighted by atomic mass is 32.2. The molecule has 0 aliphatic carbocycles. The van der Waals surface area contributed by atoms with Crippen molar-refractivity contribution in [2.24, 2.45) is 5.92 Å². The first-order valence-corrected chi connectivity index (χ1v) is 13.9. The zero-order valence-corrected chi connectivity index (χ0v) is 20.9. The van der Waals surface area contributed by atoms with Gasteiger partial charge in [-0.25, -0.2) is 8.42 Å². The van der Waals surface area contributed by atoms with E-state index in [0.29, 0.717) is 31.4 Å². The molecule has 7 heteroatoms. The van der Waals surface area contributed by atoms with E-state index in [1.807, 2.05) is 48.6 Å². The molecule has 0 unspecified atom stereocenters. The van der Waals surface area contributed by atoms with Gasteiger partial charge in [0, 0.05) is 24.7 Å². The van der Waals surface area contributed by atoms with Crippen LogP contribution in [0.3, 0.4) is 0 Å². The van der Waals surface area contributed by atoms with E-state index in [-0.39, 0.29) is 18.1 Å². The van der Waals surface area contributed by atoms with E-state index in [1.54, 1.807) is 18.5 Å². The summed E-state index contributed by atoms with van der Waals surface area (Å²) in [5, 5.41) is 8.14. The van der Waals surface area contributed by atoms with Crippen LogP contribution >= 0.6 is 0 Å². The second-order valence-electron chi connectivity index (χ2n) is 9.09. The zero-order valence-electron chi connectivity index (χ0n) is 20.1. The Morgan fingerprint density at radius 2 is 1.69 bits per heavy atom. The van der Waals surface area contributed by atoms with Crippen LogP contribution in [0, 0.1) is 5.92 Å². The molecule has 0 radical (unpaired) electrons. The van der Waals surface area contributed by atoms with Crippen molar-refractivity contribution in [3.8, 4) is 11.1 Å². The second-order valence-corrected chi connectivity index (χ2v) is 11.3. The van der Waals surface area contributed by atoms with Crippen LogP contribution in [0.1, 0.15) is 42.1 Å². The number of hydrogen-bond donors (Lipinski definition) is 1. The summed E-state index contributed by atoms with van der Waals surface area (Å²) in [6, 6.07) is 21.8. The average molecular weight is 506 g/mol. The van der Waals surface area contributed by atoms with Gasteiger partial charge in [0.1, 0.15) is 0 Å². The van der Waals surface area contributed by atoms with E-state index in [2.05, 4.69) is 29.2 Å². The highest BCUT2D eigenvalue weighted by Crippen LogP contribution is 2.43. The van der Waals surface area contributed by atoms with Crippen molar-refractivity contribution in [3.63, 3.8) is 0 Å². The van der Waals surface area contributed by atoms with Crippen molar-refractivity contribution in [2.75, 3.05) is 5.75 Å².